The third-order valence-electron chi connectivity index (χ3n) is 4.72. The summed E-state index contributed by atoms with van der Waals surface area (Å²) in [4.78, 5) is 19.1. The van der Waals surface area contributed by atoms with Crippen molar-refractivity contribution in [1.82, 2.24) is 20.4 Å². The second-order valence-electron chi connectivity index (χ2n) is 6.46. The van der Waals surface area contributed by atoms with Crippen LogP contribution in [0.1, 0.15) is 26.1 Å². The highest BCUT2D eigenvalue weighted by atomic mass is 16.5. The van der Waals surface area contributed by atoms with Gasteiger partial charge >= 0.3 is 6.03 Å². The van der Waals surface area contributed by atoms with Crippen LogP contribution in [0, 0.1) is 0 Å². The number of benzene rings is 1. The molecule has 1 aliphatic heterocycles. The van der Waals surface area contributed by atoms with E-state index in [2.05, 4.69) is 32.6 Å². The van der Waals surface area contributed by atoms with E-state index in [1.165, 1.54) is 0 Å². The Labute approximate surface area is 159 Å². The highest BCUT2D eigenvalue weighted by molar-refractivity contribution is 5.93. The summed E-state index contributed by atoms with van der Waals surface area (Å²) in [6, 6.07) is 7.47. The Morgan fingerprint density at radius 3 is 2.74 bits per heavy atom. The monoisotopic (exact) mass is 373 g/mol. The number of morpholine rings is 1. The maximum Gasteiger partial charge on any atom is 0.319 e. The smallest absolute Gasteiger partial charge is 0.319 e. The lowest BCUT2D eigenvalue weighted by Crippen LogP contribution is -2.49. The van der Waals surface area contributed by atoms with E-state index < -0.39 is 0 Å². The molecule has 0 spiro atoms. The molecule has 1 aromatic carbocycles. The van der Waals surface area contributed by atoms with Gasteiger partial charge in [-0.2, -0.15) is 4.98 Å². The molecule has 1 atom stereocenters. The van der Waals surface area contributed by atoms with Crippen LogP contribution in [0.5, 0.6) is 0 Å². The first-order chi connectivity index (χ1) is 13.2. The number of aromatic nitrogens is 2. The van der Waals surface area contributed by atoms with Crippen molar-refractivity contribution in [2.45, 2.75) is 32.7 Å². The van der Waals surface area contributed by atoms with Crippen LogP contribution in [-0.4, -0.2) is 60.0 Å². The molecule has 8 heteroatoms. The molecule has 1 aliphatic rings. The van der Waals surface area contributed by atoms with Crippen LogP contribution >= 0.6 is 0 Å². The molecule has 0 bridgehead atoms. The van der Waals surface area contributed by atoms with Gasteiger partial charge in [-0.25, -0.2) is 4.79 Å². The molecular weight excluding hydrogens is 346 g/mol. The van der Waals surface area contributed by atoms with Crippen LogP contribution in [0.3, 0.4) is 0 Å². The van der Waals surface area contributed by atoms with E-state index in [0.717, 1.165) is 32.7 Å². The Balaban J connectivity index is 1.60. The van der Waals surface area contributed by atoms with Gasteiger partial charge in [-0.1, -0.05) is 31.1 Å². The molecule has 2 N–H and O–H groups in total. The van der Waals surface area contributed by atoms with Gasteiger partial charge in [0.15, 0.2) is 5.82 Å². The molecule has 1 saturated heterocycles. The number of urea groups is 1. The zero-order valence-corrected chi connectivity index (χ0v) is 15.9. The van der Waals surface area contributed by atoms with Crippen molar-refractivity contribution in [3.63, 3.8) is 0 Å². The lowest BCUT2D eigenvalue weighted by Gasteiger charge is -2.34. The number of nitrogens with zero attached hydrogens (tertiary/aromatic N) is 3. The quantitative estimate of drug-likeness (QED) is 0.775. The van der Waals surface area contributed by atoms with E-state index in [-0.39, 0.29) is 6.03 Å². The van der Waals surface area contributed by atoms with E-state index >= 15 is 0 Å². The van der Waals surface area contributed by atoms with Crippen molar-refractivity contribution >= 4 is 11.7 Å². The number of para-hydroxylation sites is 1. The summed E-state index contributed by atoms with van der Waals surface area (Å²) < 4.78 is 10.7. The van der Waals surface area contributed by atoms with Gasteiger partial charge in [0.05, 0.1) is 24.5 Å². The fraction of sp³-hybridized carbons (Fsp3) is 0.526. The van der Waals surface area contributed by atoms with Gasteiger partial charge in [-0.05, 0) is 18.6 Å². The average molecular weight is 373 g/mol. The molecule has 2 heterocycles. The lowest BCUT2D eigenvalue weighted by atomic mass is 10.1. The Hall–Kier alpha value is -2.45. The van der Waals surface area contributed by atoms with Crippen molar-refractivity contribution < 1.29 is 14.1 Å². The standard InChI is InChI=1S/C19H27N5O3/c1-3-14(24-9-11-26-12-10-24)13-20-19(25)21-16-8-6-5-7-15(16)18-22-17(4-2)23-27-18/h5-8,14H,3-4,9-13H2,1-2H3,(H2,20,21,25). The number of anilines is 1. The third kappa shape index (κ3) is 5.05. The van der Waals surface area contributed by atoms with Gasteiger partial charge in [-0.3, -0.25) is 4.90 Å². The second kappa shape index (κ2) is 9.48. The maximum absolute atomic E-state index is 12.4. The summed E-state index contributed by atoms with van der Waals surface area (Å²) in [6.07, 6.45) is 1.66. The fourth-order valence-corrected chi connectivity index (χ4v) is 3.14. The topological polar surface area (TPSA) is 92.5 Å². The number of hydrogen-bond donors (Lipinski definition) is 2. The van der Waals surface area contributed by atoms with E-state index in [9.17, 15) is 4.79 Å². The van der Waals surface area contributed by atoms with Crippen molar-refractivity contribution in [3.8, 4) is 11.5 Å². The summed E-state index contributed by atoms with van der Waals surface area (Å²) in [5, 5.41) is 9.80. The van der Waals surface area contributed by atoms with Crippen LogP contribution in [0.4, 0.5) is 10.5 Å². The predicted octanol–water partition coefficient (Wildman–Crippen LogP) is 2.53. The van der Waals surface area contributed by atoms with Crippen LogP contribution < -0.4 is 10.6 Å². The molecule has 0 radical (unpaired) electrons. The number of carbonyl (C=O) groups is 1. The van der Waals surface area contributed by atoms with Crippen LogP contribution in [0.2, 0.25) is 0 Å². The molecule has 1 fully saturated rings. The van der Waals surface area contributed by atoms with Gasteiger partial charge in [0.2, 0.25) is 0 Å². The van der Waals surface area contributed by atoms with Crippen molar-refractivity contribution in [1.29, 1.82) is 0 Å². The summed E-state index contributed by atoms with van der Waals surface area (Å²) in [6.45, 7) is 7.99. The van der Waals surface area contributed by atoms with Crippen molar-refractivity contribution in [2.24, 2.45) is 0 Å². The zero-order valence-electron chi connectivity index (χ0n) is 15.9. The largest absolute Gasteiger partial charge is 0.379 e. The van der Waals surface area contributed by atoms with Crippen LogP contribution in [0.25, 0.3) is 11.5 Å². The average Bonchev–Trinajstić information content (AvgIpc) is 3.19. The third-order valence-corrected chi connectivity index (χ3v) is 4.72. The minimum absolute atomic E-state index is 0.246. The molecule has 3 rings (SSSR count). The van der Waals surface area contributed by atoms with E-state index in [0.29, 0.717) is 42.0 Å². The minimum Gasteiger partial charge on any atom is -0.379 e. The normalized spacial score (nSPS) is 16.1. The highest BCUT2D eigenvalue weighted by Crippen LogP contribution is 2.26. The molecule has 2 aromatic rings. The van der Waals surface area contributed by atoms with Crippen molar-refractivity contribution in [3.05, 3.63) is 30.1 Å². The summed E-state index contributed by atoms with van der Waals surface area (Å²) in [5.74, 6) is 1.04. The number of nitrogens with one attached hydrogen (secondary N) is 2. The van der Waals surface area contributed by atoms with Crippen LogP contribution in [0.15, 0.2) is 28.8 Å². The van der Waals surface area contributed by atoms with Crippen LogP contribution in [-0.2, 0) is 11.2 Å². The molecule has 8 nitrogen and oxygen atoms in total. The first-order valence-corrected chi connectivity index (χ1v) is 9.49. The molecule has 2 amide bonds. The maximum atomic E-state index is 12.4. The van der Waals surface area contributed by atoms with Gasteiger partial charge in [0, 0.05) is 32.1 Å². The second-order valence-corrected chi connectivity index (χ2v) is 6.46. The minimum atomic E-state index is -0.246. The molecule has 0 aliphatic carbocycles. The fourth-order valence-electron chi connectivity index (χ4n) is 3.14. The SMILES string of the molecule is CCc1noc(-c2ccccc2NC(=O)NCC(CC)N2CCOCC2)n1. The molecule has 1 aromatic heterocycles. The highest BCUT2D eigenvalue weighted by Gasteiger charge is 2.20. The Morgan fingerprint density at radius 2 is 2.04 bits per heavy atom. The van der Waals surface area contributed by atoms with E-state index in [1.54, 1.807) is 0 Å². The summed E-state index contributed by atoms with van der Waals surface area (Å²) in [5.41, 5.74) is 1.35. The molecule has 146 valence electrons. The molecule has 1 unspecified atom stereocenters. The number of hydrogen-bond acceptors (Lipinski definition) is 6. The Bertz CT molecular complexity index is 742. The number of carbonyl (C=O) groups excluding carboxylic acids is 1. The van der Waals surface area contributed by atoms with Gasteiger partial charge in [0.25, 0.3) is 5.89 Å². The lowest BCUT2D eigenvalue weighted by molar-refractivity contribution is 0.0165. The molecule has 27 heavy (non-hydrogen) atoms. The first kappa shape index (κ1) is 19.3. The Morgan fingerprint density at radius 1 is 1.26 bits per heavy atom. The summed E-state index contributed by atoms with van der Waals surface area (Å²) >= 11 is 0. The molecular formula is C19H27N5O3. The zero-order chi connectivity index (χ0) is 19.1. The van der Waals surface area contributed by atoms with Crippen molar-refractivity contribution in [2.75, 3.05) is 38.2 Å². The molecule has 0 saturated carbocycles. The summed E-state index contributed by atoms with van der Waals surface area (Å²) in [7, 11) is 0. The number of aryl methyl sites for hydroxylation is 1. The first-order valence-electron chi connectivity index (χ1n) is 9.49. The van der Waals surface area contributed by atoms with E-state index in [1.807, 2.05) is 31.2 Å². The van der Waals surface area contributed by atoms with Gasteiger partial charge in [0.1, 0.15) is 0 Å². The van der Waals surface area contributed by atoms with Gasteiger partial charge in [-0.15, -0.1) is 0 Å². The Kier molecular flexibility index (Phi) is 6.78. The number of amides is 2. The predicted molar refractivity (Wildman–Crippen MR) is 103 cm³/mol. The number of ether oxygens (including phenoxy) is 1. The number of rotatable bonds is 7. The van der Waals surface area contributed by atoms with Gasteiger partial charge < -0.3 is 19.9 Å². The van der Waals surface area contributed by atoms with E-state index in [4.69, 9.17) is 9.26 Å².